The molecule has 0 spiro atoms. The standard InChI is InChI=1S/C13H12ClN3S/c1-8(2)17-11-5-3-4-9(10-6-18-7-15-10)12(11)16-13(17)14/h3-8H,1-2H3. The SMILES string of the molecule is CC(C)n1c(Cl)nc2c(-c3cscn3)cccc21. The van der Waals surface area contributed by atoms with Gasteiger partial charge < -0.3 is 4.57 Å². The summed E-state index contributed by atoms with van der Waals surface area (Å²) >= 11 is 7.81. The Morgan fingerprint density at radius 1 is 1.33 bits per heavy atom. The molecule has 2 aromatic heterocycles. The Labute approximate surface area is 114 Å². The van der Waals surface area contributed by atoms with E-state index in [4.69, 9.17) is 11.6 Å². The first-order valence-electron chi connectivity index (χ1n) is 5.73. The van der Waals surface area contributed by atoms with Crippen molar-refractivity contribution >= 4 is 34.0 Å². The van der Waals surface area contributed by atoms with Crippen molar-refractivity contribution in [3.8, 4) is 11.3 Å². The van der Waals surface area contributed by atoms with Crippen molar-refractivity contribution in [1.82, 2.24) is 14.5 Å². The lowest BCUT2D eigenvalue weighted by molar-refractivity contribution is 0.618. The van der Waals surface area contributed by atoms with E-state index in [9.17, 15) is 0 Å². The van der Waals surface area contributed by atoms with Crippen molar-refractivity contribution in [3.63, 3.8) is 0 Å². The zero-order chi connectivity index (χ0) is 12.7. The van der Waals surface area contributed by atoms with E-state index in [1.54, 1.807) is 11.3 Å². The number of hydrogen-bond acceptors (Lipinski definition) is 3. The molecular formula is C13H12ClN3S. The van der Waals surface area contributed by atoms with Crippen LogP contribution in [0.5, 0.6) is 0 Å². The van der Waals surface area contributed by atoms with Crippen LogP contribution in [0, 0.1) is 0 Å². The summed E-state index contributed by atoms with van der Waals surface area (Å²) in [5.74, 6) is 0. The maximum atomic E-state index is 6.23. The molecule has 0 atom stereocenters. The van der Waals surface area contributed by atoms with E-state index in [1.165, 1.54) is 0 Å². The zero-order valence-electron chi connectivity index (χ0n) is 10.1. The predicted octanol–water partition coefficient (Wildman–Crippen LogP) is 4.39. The Bertz CT molecular complexity index is 686. The molecule has 0 amide bonds. The number of benzene rings is 1. The molecule has 5 heteroatoms. The number of thiazole rings is 1. The summed E-state index contributed by atoms with van der Waals surface area (Å²) in [6.45, 7) is 4.20. The minimum absolute atomic E-state index is 0.285. The normalized spacial score (nSPS) is 11.6. The number of hydrogen-bond donors (Lipinski definition) is 0. The highest BCUT2D eigenvalue weighted by atomic mass is 35.5. The molecule has 1 aromatic carbocycles. The lowest BCUT2D eigenvalue weighted by Crippen LogP contribution is -1.99. The number of halogens is 1. The predicted molar refractivity (Wildman–Crippen MR) is 76.2 cm³/mol. The van der Waals surface area contributed by atoms with E-state index in [-0.39, 0.29) is 6.04 Å². The number of fused-ring (bicyclic) bond motifs is 1. The summed E-state index contributed by atoms with van der Waals surface area (Å²) in [5, 5.41) is 2.56. The number of para-hydroxylation sites is 1. The molecule has 0 aliphatic carbocycles. The second kappa shape index (κ2) is 4.37. The van der Waals surface area contributed by atoms with Gasteiger partial charge in [0, 0.05) is 17.0 Å². The van der Waals surface area contributed by atoms with Gasteiger partial charge >= 0.3 is 0 Å². The Morgan fingerprint density at radius 3 is 2.83 bits per heavy atom. The third kappa shape index (κ3) is 1.72. The third-order valence-corrected chi connectivity index (χ3v) is 3.75. The van der Waals surface area contributed by atoms with Crippen LogP contribution in [-0.4, -0.2) is 14.5 Å². The minimum Gasteiger partial charge on any atom is -0.312 e. The fraction of sp³-hybridized carbons (Fsp3) is 0.231. The summed E-state index contributed by atoms with van der Waals surface area (Å²) in [4.78, 5) is 8.83. The summed E-state index contributed by atoms with van der Waals surface area (Å²) in [5.41, 5.74) is 5.79. The average Bonchev–Trinajstić information content (AvgIpc) is 2.93. The monoisotopic (exact) mass is 277 g/mol. The smallest absolute Gasteiger partial charge is 0.204 e. The van der Waals surface area contributed by atoms with Gasteiger partial charge in [-0.3, -0.25) is 0 Å². The van der Waals surface area contributed by atoms with Crippen molar-refractivity contribution in [2.24, 2.45) is 0 Å². The highest BCUT2D eigenvalue weighted by Crippen LogP contribution is 2.31. The van der Waals surface area contributed by atoms with Crippen LogP contribution in [0.1, 0.15) is 19.9 Å². The van der Waals surface area contributed by atoms with Crippen LogP contribution in [-0.2, 0) is 0 Å². The molecular weight excluding hydrogens is 266 g/mol. The van der Waals surface area contributed by atoms with Crippen LogP contribution < -0.4 is 0 Å². The van der Waals surface area contributed by atoms with Gasteiger partial charge in [0.25, 0.3) is 0 Å². The van der Waals surface area contributed by atoms with Gasteiger partial charge in [-0.1, -0.05) is 12.1 Å². The molecule has 0 fully saturated rings. The summed E-state index contributed by atoms with van der Waals surface area (Å²) in [6, 6.07) is 6.39. The maximum Gasteiger partial charge on any atom is 0.204 e. The highest BCUT2D eigenvalue weighted by molar-refractivity contribution is 7.07. The van der Waals surface area contributed by atoms with Crippen LogP contribution in [0.4, 0.5) is 0 Å². The molecule has 92 valence electrons. The quantitative estimate of drug-likeness (QED) is 0.695. The van der Waals surface area contributed by atoms with Gasteiger partial charge in [-0.2, -0.15) is 0 Å². The van der Waals surface area contributed by atoms with Crippen molar-refractivity contribution < 1.29 is 0 Å². The van der Waals surface area contributed by atoms with Gasteiger partial charge in [0.2, 0.25) is 5.28 Å². The van der Waals surface area contributed by atoms with E-state index in [1.807, 2.05) is 33.7 Å². The van der Waals surface area contributed by atoms with Crippen LogP contribution in [0.2, 0.25) is 5.28 Å². The van der Waals surface area contributed by atoms with Crippen molar-refractivity contribution in [1.29, 1.82) is 0 Å². The van der Waals surface area contributed by atoms with Crippen molar-refractivity contribution in [2.45, 2.75) is 19.9 Å². The number of nitrogens with zero attached hydrogens (tertiary/aromatic N) is 3. The fourth-order valence-electron chi connectivity index (χ4n) is 2.13. The van der Waals surface area contributed by atoms with E-state index < -0.39 is 0 Å². The lowest BCUT2D eigenvalue weighted by atomic mass is 10.1. The van der Waals surface area contributed by atoms with Crippen molar-refractivity contribution in [2.75, 3.05) is 0 Å². The van der Waals surface area contributed by atoms with Crippen molar-refractivity contribution in [3.05, 3.63) is 34.4 Å². The summed E-state index contributed by atoms with van der Waals surface area (Å²) < 4.78 is 2.03. The molecule has 0 bridgehead atoms. The molecule has 3 nitrogen and oxygen atoms in total. The van der Waals surface area contributed by atoms with Crippen LogP contribution in [0.3, 0.4) is 0 Å². The molecule has 0 saturated heterocycles. The second-order valence-corrected chi connectivity index (χ2v) is 5.45. The Hall–Kier alpha value is -1.39. The number of imidazole rings is 1. The van der Waals surface area contributed by atoms with Gasteiger partial charge in [-0.25, -0.2) is 9.97 Å². The average molecular weight is 278 g/mol. The van der Waals surface area contributed by atoms with Gasteiger partial charge in [0.15, 0.2) is 0 Å². The Balaban J connectivity index is 2.33. The molecule has 0 unspecified atom stereocenters. The molecule has 18 heavy (non-hydrogen) atoms. The summed E-state index contributed by atoms with van der Waals surface area (Å²) in [7, 11) is 0. The molecule has 2 heterocycles. The maximum absolute atomic E-state index is 6.23. The molecule has 0 radical (unpaired) electrons. The van der Waals surface area contributed by atoms with Crippen LogP contribution in [0.25, 0.3) is 22.3 Å². The molecule has 3 rings (SSSR count). The van der Waals surface area contributed by atoms with Gasteiger partial charge in [0.05, 0.1) is 22.2 Å². The molecule has 0 aliphatic rings. The van der Waals surface area contributed by atoms with Crippen LogP contribution in [0.15, 0.2) is 29.1 Å². The zero-order valence-corrected chi connectivity index (χ0v) is 11.7. The van der Waals surface area contributed by atoms with Gasteiger partial charge in [-0.15, -0.1) is 11.3 Å². The number of aromatic nitrogens is 3. The minimum atomic E-state index is 0.285. The first-order chi connectivity index (χ1) is 8.68. The highest BCUT2D eigenvalue weighted by Gasteiger charge is 2.15. The van der Waals surface area contributed by atoms with Crippen LogP contribution >= 0.6 is 22.9 Å². The molecule has 0 aliphatic heterocycles. The van der Waals surface area contributed by atoms with E-state index in [2.05, 4.69) is 23.8 Å². The molecule has 0 saturated carbocycles. The molecule has 0 N–H and O–H groups in total. The Morgan fingerprint density at radius 2 is 2.17 bits per heavy atom. The van der Waals surface area contributed by atoms with Gasteiger partial charge in [-0.05, 0) is 31.5 Å². The largest absolute Gasteiger partial charge is 0.312 e. The molecule has 3 aromatic rings. The first kappa shape index (κ1) is 11.7. The lowest BCUT2D eigenvalue weighted by Gasteiger charge is -2.09. The third-order valence-electron chi connectivity index (χ3n) is 2.90. The fourth-order valence-corrected chi connectivity index (χ4v) is 3.05. The Kier molecular flexibility index (Phi) is 2.84. The number of rotatable bonds is 2. The first-order valence-corrected chi connectivity index (χ1v) is 7.05. The topological polar surface area (TPSA) is 30.7 Å². The second-order valence-electron chi connectivity index (χ2n) is 4.39. The van der Waals surface area contributed by atoms with Gasteiger partial charge in [0.1, 0.15) is 0 Å². The van der Waals surface area contributed by atoms with E-state index in [0.29, 0.717) is 5.28 Å². The van der Waals surface area contributed by atoms with E-state index >= 15 is 0 Å². The summed E-state index contributed by atoms with van der Waals surface area (Å²) in [6.07, 6.45) is 0. The van der Waals surface area contributed by atoms with E-state index in [0.717, 1.165) is 22.3 Å².